The molecule has 4 heteroatoms. The Morgan fingerprint density at radius 3 is 2.89 bits per heavy atom. The minimum absolute atomic E-state index is 0.266. The molecule has 1 aliphatic heterocycles. The highest BCUT2D eigenvalue weighted by Gasteiger charge is 2.30. The molecular formula is C14H22N2OS. The highest BCUT2D eigenvalue weighted by atomic mass is 32.1. The number of thiazole rings is 1. The van der Waals surface area contributed by atoms with Crippen LogP contribution in [0.5, 0.6) is 0 Å². The molecule has 3 nitrogen and oxygen atoms in total. The molecule has 18 heavy (non-hydrogen) atoms. The molecule has 0 radical (unpaired) electrons. The van der Waals surface area contributed by atoms with Gasteiger partial charge in [-0.15, -0.1) is 0 Å². The number of aliphatic hydroxyl groups is 1. The number of anilines is 1. The van der Waals surface area contributed by atoms with Crippen molar-refractivity contribution in [2.24, 2.45) is 5.92 Å². The van der Waals surface area contributed by atoms with E-state index in [-0.39, 0.29) is 6.10 Å². The van der Waals surface area contributed by atoms with Crippen molar-refractivity contribution in [3.63, 3.8) is 0 Å². The molecule has 2 heterocycles. The number of fused-ring (bicyclic) bond motifs is 1. The van der Waals surface area contributed by atoms with Gasteiger partial charge in [-0.1, -0.05) is 18.3 Å². The second-order valence-corrected chi connectivity index (χ2v) is 6.78. The van der Waals surface area contributed by atoms with Gasteiger partial charge in [-0.25, -0.2) is 4.98 Å². The van der Waals surface area contributed by atoms with E-state index in [1.807, 2.05) is 0 Å². The summed E-state index contributed by atoms with van der Waals surface area (Å²) < 4.78 is 0. The SMILES string of the molecule is CC1CCCN(c2nc3c(s2)C(O)CCC3)C1C. The number of nitrogens with zero attached hydrogens (tertiary/aromatic N) is 2. The summed E-state index contributed by atoms with van der Waals surface area (Å²) in [6.45, 7) is 5.76. The number of hydrogen-bond donors (Lipinski definition) is 1. The van der Waals surface area contributed by atoms with Crippen LogP contribution in [-0.2, 0) is 6.42 Å². The van der Waals surface area contributed by atoms with E-state index in [2.05, 4.69) is 18.7 Å². The zero-order valence-corrected chi connectivity index (χ0v) is 12.0. The number of aryl methyl sites for hydroxylation is 1. The number of hydrogen-bond acceptors (Lipinski definition) is 4. The average molecular weight is 266 g/mol. The summed E-state index contributed by atoms with van der Waals surface area (Å²) in [7, 11) is 0. The van der Waals surface area contributed by atoms with Crippen LogP contribution in [-0.4, -0.2) is 22.7 Å². The van der Waals surface area contributed by atoms with Crippen LogP contribution in [0.3, 0.4) is 0 Å². The largest absolute Gasteiger partial charge is 0.388 e. The van der Waals surface area contributed by atoms with E-state index >= 15 is 0 Å². The molecule has 2 aliphatic rings. The van der Waals surface area contributed by atoms with E-state index < -0.39 is 0 Å². The van der Waals surface area contributed by atoms with Gasteiger partial charge in [0.2, 0.25) is 0 Å². The Labute approximate surface area is 113 Å². The molecular weight excluding hydrogens is 244 g/mol. The van der Waals surface area contributed by atoms with E-state index in [9.17, 15) is 5.11 Å². The van der Waals surface area contributed by atoms with E-state index in [4.69, 9.17) is 4.98 Å². The van der Waals surface area contributed by atoms with Gasteiger partial charge in [-0.05, 0) is 44.9 Å². The van der Waals surface area contributed by atoms with Gasteiger partial charge in [0.25, 0.3) is 0 Å². The summed E-state index contributed by atoms with van der Waals surface area (Å²) in [5.74, 6) is 0.740. The first-order valence-electron chi connectivity index (χ1n) is 7.11. The predicted octanol–water partition coefficient (Wildman–Crippen LogP) is 3.14. The van der Waals surface area contributed by atoms with E-state index in [1.54, 1.807) is 11.3 Å². The quantitative estimate of drug-likeness (QED) is 0.848. The van der Waals surface area contributed by atoms with Crippen molar-refractivity contribution >= 4 is 16.5 Å². The zero-order valence-electron chi connectivity index (χ0n) is 11.2. The third-order valence-electron chi connectivity index (χ3n) is 4.53. The van der Waals surface area contributed by atoms with Crippen LogP contribution in [0, 0.1) is 5.92 Å². The Balaban J connectivity index is 1.88. The Kier molecular flexibility index (Phi) is 3.32. The topological polar surface area (TPSA) is 36.4 Å². The fourth-order valence-electron chi connectivity index (χ4n) is 3.11. The Hall–Kier alpha value is -0.610. The van der Waals surface area contributed by atoms with E-state index in [1.165, 1.54) is 12.8 Å². The lowest BCUT2D eigenvalue weighted by atomic mass is 9.92. The van der Waals surface area contributed by atoms with Crippen molar-refractivity contribution in [3.8, 4) is 0 Å². The molecule has 3 rings (SSSR count). The van der Waals surface area contributed by atoms with Crippen LogP contribution in [0.4, 0.5) is 5.13 Å². The normalized spacial score (nSPS) is 32.4. The molecule has 0 saturated carbocycles. The number of aliphatic hydroxyl groups excluding tert-OH is 1. The maximum Gasteiger partial charge on any atom is 0.186 e. The zero-order chi connectivity index (χ0) is 12.7. The number of aromatic nitrogens is 1. The van der Waals surface area contributed by atoms with Gasteiger partial charge in [0, 0.05) is 12.6 Å². The monoisotopic (exact) mass is 266 g/mol. The van der Waals surface area contributed by atoms with Crippen LogP contribution in [0.25, 0.3) is 0 Å². The first kappa shape index (κ1) is 12.4. The van der Waals surface area contributed by atoms with Crippen LogP contribution in [0.2, 0.25) is 0 Å². The summed E-state index contributed by atoms with van der Waals surface area (Å²) in [5, 5.41) is 11.2. The van der Waals surface area contributed by atoms with Crippen LogP contribution < -0.4 is 4.90 Å². The van der Waals surface area contributed by atoms with Crippen LogP contribution in [0.1, 0.15) is 56.2 Å². The number of rotatable bonds is 1. The van der Waals surface area contributed by atoms with Crippen molar-refractivity contribution < 1.29 is 5.11 Å². The molecule has 100 valence electrons. The lowest BCUT2D eigenvalue weighted by Crippen LogP contribution is -2.42. The summed E-state index contributed by atoms with van der Waals surface area (Å²) >= 11 is 1.72. The molecule has 0 spiro atoms. The summed E-state index contributed by atoms with van der Waals surface area (Å²) in [5.41, 5.74) is 1.15. The lowest BCUT2D eigenvalue weighted by molar-refractivity contribution is 0.160. The predicted molar refractivity (Wildman–Crippen MR) is 75.2 cm³/mol. The molecule has 1 aromatic rings. The Morgan fingerprint density at radius 2 is 2.11 bits per heavy atom. The molecule has 0 bridgehead atoms. The second-order valence-electron chi connectivity index (χ2n) is 5.77. The molecule has 1 saturated heterocycles. The molecule has 1 fully saturated rings. The average Bonchev–Trinajstić information content (AvgIpc) is 2.78. The molecule has 1 N–H and O–H groups in total. The van der Waals surface area contributed by atoms with Gasteiger partial charge < -0.3 is 10.0 Å². The maximum absolute atomic E-state index is 10.0. The minimum Gasteiger partial charge on any atom is -0.388 e. The minimum atomic E-state index is -0.266. The fourth-order valence-corrected chi connectivity index (χ4v) is 4.36. The first-order valence-corrected chi connectivity index (χ1v) is 7.92. The fraction of sp³-hybridized carbons (Fsp3) is 0.786. The van der Waals surface area contributed by atoms with Crippen LogP contribution in [0.15, 0.2) is 0 Å². The second kappa shape index (κ2) is 4.82. The Morgan fingerprint density at radius 1 is 1.28 bits per heavy atom. The Bertz CT molecular complexity index is 431. The molecule has 1 aliphatic carbocycles. The van der Waals surface area contributed by atoms with Gasteiger partial charge in [0.1, 0.15) is 0 Å². The van der Waals surface area contributed by atoms with Crippen molar-refractivity contribution in [2.45, 2.75) is 58.1 Å². The molecule has 3 atom stereocenters. The van der Waals surface area contributed by atoms with Crippen molar-refractivity contribution in [2.75, 3.05) is 11.4 Å². The molecule has 1 aromatic heterocycles. The van der Waals surface area contributed by atoms with Gasteiger partial charge in [-0.3, -0.25) is 0 Å². The van der Waals surface area contributed by atoms with Crippen molar-refractivity contribution in [1.29, 1.82) is 0 Å². The van der Waals surface area contributed by atoms with Crippen molar-refractivity contribution in [1.82, 2.24) is 4.98 Å². The van der Waals surface area contributed by atoms with E-state index in [0.29, 0.717) is 6.04 Å². The molecule has 3 unspecified atom stereocenters. The first-order chi connectivity index (χ1) is 8.66. The standard InChI is InChI=1S/C14H22N2OS/c1-9-5-4-8-16(10(9)2)14-15-11-6-3-7-12(17)13(11)18-14/h9-10,12,17H,3-8H2,1-2H3. The smallest absolute Gasteiger partial charge is 0.186 e. The maximum atomic E-state index is 10.0. The highest BCUT2D eigenvalue weighted by Crippen LogP contribution is 2.39. The van der Waals surface area contributed by atoms with Crippen molar-refractivity contribution in [3.05, 3.63) is 10.6 Å². The van der Waals surface area contributed by atoms with Crippen LogP contribution >= 0.6 is 11.3 Å². The summed E-state index contributed by atoms with van der Waals surface area (Å²) in [4.78, 5) is 8.37. The molecule has 0 aromatic carbocycles. The number of piperidine rings is 1. The molecule has 0 amide bonds. The third kappa shape index (κ3) is 2.05. The summed E-state index contributed by atoms with van der Waals surface area (Å²) in [6.07, 6.45) is 5.34. The summed E-state index contributed by atoms with van der Waals surface area (Å²) in [6, 6.07) is 0.573. The third-order valence-corrected chi connectivity index (χ3v) is 5.77. The van der Waals surface area contributed by atoms with E-state index in [0.717, 1.165) is 47.4 Å². The van der Waals surface area contributed by atoms with Gasteiger partial charge in [-0.2, -0.15) is 0 Å². The lowest BCUT2D eigenvalue weighted by Gasteiger charge is -2.37. The highest BCUT2D eigenvalue weighted by molar-refractivity contribution is 7.15. The van der Waals surface area contributed by atoms with Gasteiger partial charge in [0.05, 0.1) is 16.7 Å². The van der Waals surface area contributed by atoms with Gasteiger partial charge in [0.15, 0.2) is 5.13 Å². The van der Waals surface area contributed by atoms with Gasteiger partial charge >= 0.3 is 0 Å².